The zero-order valence-corrected chi connectivity index (χ0v) is 7.59. The molecular weight excluding hydrogens is 216 g/mol. The van der Waals surface area contributed by atoms with E-state index in [4.69, 9.17) is 11.0 Å². The second-order valence-corrected chi connectivity index (χ2v) is 2.96. The summed E-state index contributed by atoms with van der Waals surface area (Å²) >= 11 is 3.09. The minimum Gasteiger partial charge on any atom is -0.370 e. The van der Waals surface area contributed by atoms with Crippen LogP contribution in [-0.4, -0.2) is 18.0 Å². The highest BCUT2D eigenvalue weighted by Gasteiger charge is 2.11. The van der Waals surface area contributed by atoms with Gasteiger partial charge < -0.3 is 4.90 Å². The van der Waals surface area contributed by atoms with Crippen LogP contribution in [0.5, 0.6) is 0 Å². The SMILES string of the molecule is [2H]C1([2H])N(c2ccc(Br)nc2)C([2H])([2H])C([2H])([2H])C1([2H])[2H]. The van der Waals surface area contributed by atoms with Crippen molar-refractivity contribution in [3.05, 3.63) is 22.9 Å². The minimum absolute atomic E-state index is 0.0338. The molecule has 1 fully saturated rings. The van der Waals surface area contributed by atoms with Crippen molar-refractivity contribution in [3.63, 3.8) is 0 Å². The third-order valence-corrected chi connectivity index (χ3v) is 1.84. The highest BCUT2D eigenvalue weighted by atomic mass is 79.9. The van der Waals surface area contributed by atoms with E-state index in [1.807, 2.05) is 0 Å². The van der Waals surface area contributed by atoms with Gasteiger partial charge in [-0.3, -0.25) is 0 Å². The Kier molecular flexibility index (Phi) is 0.853. The third kappa shape index (κ3) is 1.61. The van der Waals surface area contributed by atoms with E-state index in [1.165, 1.54) is 12.1 Å². The molecule has 0 saturated carbocycles. The highest BCUT2D eigenvalue weighted by molar-refractivity contribution is 9.10. The first kappa shape index (κ1) is 2.98. The second kappa shape index (κ2) is 3.44. The number of rotatable bonds is 1. The van der Waals surface area contributed by atoms with E-state index in [9.17, 15) is 0 Å². The molecule has 1 aliphatic rings. The summed E-state index contributed by atoms with van der Waals surface area (Å²) in [6.45, 7) is -5.73. The molecule has 1 aromatic heterocycles. The molecule has 2 rings (SSSR count). The summed E-state index contributed by atoms with van der Waals surface area (Å²) in [7, 11) is 0. The van der Waals surface area contributed by atoms with Gasteiger partial charge in [0, 0.05) is 24.0 Å². The fraction of sp³-hybridized carbons (Fsp3) is 0.444. The van der Waals surface area contributed by atoms with Crippen molar-refractivity contribution in [2.45, 2.75) is 12.7 Å². The molecule has 3 heteroatoms. The van der Waals surface area contributed by atoms with Crippen LogP contribution in [0, 0.1) is 0 Å². The van der Waals surface area contributed by atoms with Crippen LogP contribution in [0.2, 0.25) is 0 Å². The lowest BCUT2D eigenvalue weighted by Crippen LogP contribution is -2.17. The van der Waals surface area contributed by atoms with Gasteiger partial charge in [0.05, 0.1) is 11.9 Å². The Hall–Kier alpha value is -0.570. The fourth-order valence-corrected chi connectivity index (χ4v) is 1.06. The Bertz CT molecular complexity index is 503. The molecule has 0 bridgehead atoms. The molecule has 0 aliphatic carbocycles. The van der Waals surface area contributed by atoms with Crippen LogP contribution < -0.4 is 4.90 Å². The average Bonchev–Trinajstić information content (AvgIpc) is 2.36. The molecule has 64 valence electrons. The third-order valence-electron chi connectivity index (χ3n) is 1.37. The van der Waals surface area contributed by atoms with Crippen molar-refractivity contribution in [3.8, 4) is 0 Å². The van der Waals surface area contributed by atoms with E-state index in [2.05, 4.69) is 20.9 Å². The lowest BCUT2D eigenvalue weighted by molar-refractivity contribution is 0.949. The van der Waals surface area contributed by atoms with Gasteiger partial charge in [-0.05, 0) is 40.8 Å². The normalized spacial score (nSPS) is 43.6. The Morgan fingerprint density at radius 1 is 1.42 bits per heavy atom. The number of pyridine rings is 1. The molecule has 2 nitrogen and oxygen atoms in total. The van der Waals surface area contributed by atoms with Crippen molar-refractivity contribution >= 4 is 21.6 Å². The van der Waals surface area contributed by atoms with Gasteiger partial charge in [-0.15, -0.1) is 0 Å². The molecule has 1 aromatic rings. The lowest BCUT2D eigenvalue weighted by atomic mass is 10.4. The van der Waals surface area contributed by atoms with Crippen LogP contribution in [0.25, 0.3) is 0 Å². The summed E-state index contributed by atoms with van der Waals surface area (Å²) in [6, 6.07) is 2.80. The maximum absolute atomic E-state index is 7.85. The number of anilines is 1. The number of aromatic nitrogens is 1. The number of hydrogen-bond donors (Lipinski definition) is 0. The van der Waals surface area contributed by atoms with Crippen molar-refractivity contribution < 1.29 is 11.0 Å². The standard InChI is InChI=1S/C9H11BrN2/c10-9-4-3-8(7-11-9)12-5-1-2-6-12/h3-4,7H,1-2,5-6H2/i1D2,2D2,5D2,6D2. The lowest BCUT2D eigenvalue weighted by Gasteiger charge is -2.16. The molecule has 2 heterocycles. The molecule has 0 N–H and O–H groups in total. The van der Waals surface area contributed by atoms with Gasteiger partial charge in [0.2, 0.25) is 0 Å². The quantitative estimate of drug-likeness (QED) is 0.695. The molecule has 1 aliphatic heterocycles. The van der Waals surface area contributed by atoms with E-state index in [-0.39, 0.29) is 5.69 Å². The van der Waals surface area contributed by atoms with Crippen molar-refractivity contribution in [1.82, 2.24) is 4.98 Å². The van der Waals surface area contributed by atoms with Crippen molar-refractivity contribution in [2.75, 3.05) is 17.9 Å². The largest absolute Gasteiger partial charge is 0.370 e. The zero-order valence-electron chi connectivity index (χ0n) is 14.0. The first-order valence-electron chi connectivity index (χ1n) is 7.29. The van der Waals surface area contributed by atoms with Crippen LogP contribution in [0.15, 0.2) is 22.9 Å². The van der Waals surface area contributed by atoms with Crippen LogP contribution in [0.1, 0.15) is 23.7 Å². The van der Waals surface area contributed by atoms with E-state index in [1.54, 1.807) is 0 Å². The second-order valence-electron chi connectivity index (χ2n) is 2.15. The average molecular weight is 235 g/mol. The molecule has 0 atom stereocenters. The Morgan fingerprint density at radius 3 is 2.75 bits per heavy atom. The summed E-state index contributed by atoms with van der Waals surface area (Å²) in [5.74, 6) is 0. The maximum Gasteiger partial charge on any atom is 0.106 e. The van der Waals surface area contributed by atoms with E-state index < -0.39 is 25.7 Å². The Balaban J connectivity index is 2.66. The van der Waals surface area contributed by atoms with E-state index in [0.29, 0.717) is 9.50 Å². The van der Waals surface area contributed by atoms with Gasteiger partial charge >= 0.3 is 0 Å². The van der Waals surface area contributed by atoms with Gasteiger partial charge in [-0.25, -0.2) is 4.98 Å². The molecule has 0 spiro atoms. The van der Waals surface area contributed by atoms with Gasteiger partial charge in [0.25, 0.3) is 0 Å². The van der Waals surface area contributed by atoms with Crippen LogP contribution in [-0.2, 0) is 0 Å². The van der Waals surface area contributed by atoms with E-state index in [0.717, 1.165) is 6.20 Å². The summed E-state index contributed by atoms with van der Waals surface area (Å²) in [6.07, 6.45) is -4.90. The monoisotopic (exact) mass is 234 g/mol. The predicted molar refractivity (Wildman–Crippen MR) is 53.4 cm³/mol. The number of halogens is 1. The number of nitrogens with zero attached hydrogens (tertiary/aromatic N) is 2. The molecular formula is C9H11BrN2. The molecule has 12 heavy (non-hydrogen) atoms. The first-order chi connectivity index (χ1) is 8.87. The first-order valence-corrected chi connectivity index (χ1v) is 4.08. The summed E-state index contributed by atoms with van der Waals surface area (Å²) in [4.78, 5) is 4.32. The van der Waals surface area contributed by atoms with Gasteiger partial charge in [-0.1, -0.05) is 0 Å². The number of hydrogen-bond acceptors (Lipinski definition) is 2. The van der Waals surface area contributed by atoms with Crippen molar-refractivity contribution in [1.29, 1.82) is 0 Å². The fourth-order valence-electron chi connectivity index (χ4n) is 0.825. The smallest absolute Gasteiger partial charge is 0.106 e. The summed E-state index contributed by atoms with van der Waals surface area (Å²) in [5.41, 5.74) is -0.0338. The Morgan fingerprint density at radius 2 is 2.17 bits per heavy atom. The predicted octanol–water partition coefficient (Wildman–Crippen LogP) is 2.44. The summed E-state index contributed by atoms with van der Waals surface area (Å²) < 4.78 is 62.5. The summed E-state index contributed by atoms with van der Waals surface area (Å²) in [5, 5.41) is 0. The van der Waals surface area contributed by atoms with Crippen LogP contribution in [0.4, 0.5) is 5.69 Å². The topological polar surface area (TPSA) is 16.1 Å². The van der Waals surface area contributed by atoms with Gasteiger partial charge in [0.1, 0.15) is 4.60 Å². The van der Waals surface area contributed by atoms with Crippen molar-refractivity contribution in [2.24, 2.45) is 0 Å². The minimum atomic E-state index is -3.03. The molecule has 0 amide bonds. The van der Waals surface area contributed by atoms with Crippen LogP contribution >= 0.6 is 15.9 Å². The van der Waals surface area contributed by atoms with Gasteiger partial charge in [0.15, 0.2) is 0 Å². The molecule has 0 unspecified atom stereocenters. The van der Waals surface area contributed by atoms with E-state index >= 15 is 0 Å². The molecule has 0 radical (unpaired) electrons. The molecule has 0 aromatic carbocycles. The molecule has 1 saturated heterocycles. The Labute approximate surface area is 92.0 Å². The van der Waals surface area contributed by atoms with Crippen LogP contribution in [0.3, 0.4) is 0 Å². The van der Waals surface area contributed by atoms with Gasteiger partial charge in [-0.2, -0.15) is 0 Å². The maximum atomic E-state index is 7.85. The highest BCUT2D eigenvalue weighted by Crippen LogP contribution is 2.19. The zero-order chi connectivity index (χ0) is 15.6.